The standard InChI is InChI=1S/C15H20ClNOS/c16-12-6-8-17(9-7-12)15(18)14-10-11-4-2-1-3-5-13(11)19-14/h10,12H,1-9H2. The molecule has 0 N–H and O–H groups in total. The summed E-state index contributed by atoms with van der Waals surface area (Å²) in [5.74, 6) is 0.224. The van der Waals surface area contributed by atoms with E-state index < -0.39 is 0 Å². The average Bonchev–Trinajstić information content (AvgIpc) is 2.70. The van der Waals surface area contributed by atoms with Crippen molar-refractivity contribution in [3.05, 3.63) is 21.4 Å². The highest BCUT2D eigenvalue weighted by atomic mass is 35.5. The number of fused-ring (bicyclic) bond motifs is 1. The summed E-state index contributed by atoms with van der Waals surface area (Å²) < 4.78 is 0. The van der Waals surface area contributed by atoms with Gasteiger partial charge >= 0.3 is 0 Å². The van der Waals surface area contributed by atoms with Crippen LogP contribution in [0.5, 0.6) is 0 Å². The quantitative estimate of drug-likeness (QED) is 0.569. The van der Waals surface area contributed by atoms with Crippen LogP contribution in [0.25, 0.3) is 0 Å². The smallest absolute Gasteiger partial charge is 0.263 e. The Morgan fingerprint density at radius 2 is 1.95 bits per heavy atom. The molecule has 1 fully saturated rings. The van der Waals surface area contributed by atoms with Crippen LogP contribution < -0.4 is 0 Å². The van der Waals surface area contributed by atoms with E-state index >= 15 is 0 Å². The van der Waals surface area contributed by atoms with Gasteiger partial charge in [0.25, 0.3) is 5.91 Å². The van der Waals surface area contributed by atoms with Crippen LogP contribution in [0.1, 0.15) is 52.2 Å². The monoisotopic (exact) mass is 297 g/mol. The van der Waals surface area contributed by atoms with Gasteiger partial charge in [0.2, 0.25) is 0 Å². The molecule has 3 rings (SSSR count). The average molecular weight is 298 g/mol. The van der Waals surface area contributed by atoms with Gasteiger partial charge in [-0.3, -0.25) is 4.79 Å². The fraction of sp³-hybridized carbons (Fsp3) is 0.667. The van der Waals surface area contributed by atoms with E-state index in [1.165, 1.54) is 29.7 Å². The third kappa shape index (κ3) is 2.97. The van der Waals surface area contributed by atoms with Gasteiger partial charge in [-0.1, -0.05) is 6.42 Å². The van der Waals surface area contributed by atoms with Gasteiger partial charge in [-0.2, -0.15) is 0 Å². The van der Waals surface area contributed by atoms with E-state index in [1.54, 1.807) is 11.3 Å². The number of halogens is 1. The highest BCUT2D eigenvalue weighted by Crippen LogP contribution is 2.30. The molecule has 1 saturated heterocycles. The summed E-state index contributed by atoms with van der Waals surface area (Å²) in [5.41, 5.74) is 1.43. The second-order valence-corrected chi connectivity index (χ2v) is 7.34. The number of nitrogens with zero attached hydrogens (tertiary/aromatic N) is 1. The summed E-state index contributed by atoms with van der Waals surface area (Å²) in [5, 5.41) is 0.254. The molecule has 104 valence electrons. The molecule has 1 amide bonds. The maximum Gasteiger partial charge on any atom is 0.263 e. The number of hydrogen-bond donors (Lipinski definition) is 0. The van der Waals surface area contributed by atoms with Crippen LogP contribution in [0.2, 0.25) is 0 Å². The lowest BCUT2D eigenvalue weighted by Crippen LogP contribution is -2.38. The number of thiophene rings is 1. The Kier molecular flexibility index (Phi) is 4.13. The van der Waals surface area contributed by atoms with Gasteiger partial charge in [-0.05, 0) is 50.2 Å². The molecule has 0 unspecified atom stereocenters. The molecule has 1 aliphatic carbocycles. The second kappa shape index (κ2) is 5.84. The summed E-state index contributed by atoms with van der Waals surface area (Å²) in [7, 11) is 0. The number of aryl methyl sites for hydroxylation is 2. The molecule has 1 aromatic heterocycles. The first-order valence-corrected chi connectivity index (χ1v) is 8.54. The number of carbonyl (C=O) groups is 1. The molecular weight excluding hydrogens is 278 g/mol. The van der Waals surface area contributed by atoms with E-state index in [2.05, 4.69) is 6.07 Å². The minimum absolute atomic E-state index is 0.224. The Hall–Kier alpha value is -0.540. The van der Waals surface area contributed by atoms with Crippen molar-refractivity contribution in [3.63, 3.8) is 0 Å². The van der Waals surface area contributed by atoms with E-state index in [0.29, 0.717) is 0 Å². The van der Waals surface area contributed by atoms with Gasteiger partial charge in [0, 0.05) is 23.3 Å². The largest absolute Gasteiger partial charge is 0.338 e. The summed E-state index contributed by atoms with van der Waals surface area (Å²) in [6, 6.07) is 2.15. The number of carbonyl (C=O) groups excluding carboxylic acids is 1. The molecule has 0 bridgehead atoms. The molecular formula is C15H20ClNOS. The maximum atomic E-state index is 12.5. The van der Waals surface area contributed by atoms with Crippen molar-refractivity contribution >= 4 is 28.8 Å². The number of hydrogen-bond acceptors (Lipinski definition) is 2. The Balaban J connectivity index is 1.73. The van der Waals surface area contributed by atoms with E-state index in [1.807, 2.05) is 4.90 Å². The van der Waals surface area contributed by atoms with Crippen LogP contribution in [-0.2, 0) is 12.8 Å². The highest BCUT2D eigenvalue weighted by Gasteiger charge is 2.24. The minimum atomic E-state index is 0.224. The predicted octanol–water partition coefficient (Wildman–Crippen LogP) is 3.86. The number of amides is 1. The van der Waals surface area contributed by atoms with Crippen molar-refractivity contribution in [2.24, 2.45) is 0 Å². The van der Waals surface area contributed by atoms with Crippen LogP contribution in [0.3, 0.4) is 0 Å². The van der Waals surface area contributed by atoms with Gasteiger partial charge in [0.05, 0.1) is 4.88 Å². The lowest BCUT2D eigenvalue weighted by Gasteiger charge is -2.28. The van der Waals surface area contributed by atoms with Crippen molar-refractivity contribution in [2.75, 3.05) is 13.1 Å². The lowest BCUT2D eigenvalue weighted by atomic mass is 10.1. The Bertz CT molecular complexity index is 439. The minimum Gasteiger partial charge on any atom is -0.338 e. The van der Waals surface area contributed by atoms with Gasteiger partial charge < -0.3 is 4.90 Å². The van der Waals surface area contributed by atoms with Crippen LogP contribution >= 0.6 is 22.9 Å². The number of rotatable bonds is 1. The molecule has 2 heterocycles. The van der Waals surface area contributed by atoms with Crippen LogP contribution in [0, 0.1) is 0 Å². The fourth-order valence-electron chi connectivity index (χ4n) is 2.98. The van der Waals surface area contributed by atoms with E-state index in [4.69, 9.17) is 11.6 Å². The van der Waals surface area contributed by atoms with Gasteiger partial charge in [0.1, 0.15) is 0 Å². The van der Waals surface area contributed by atoms with Gasteiger partial charge in [0.15, 0.2) is 0 Å². The third-order valence-electron chi connectivity index (χ3n) is 4.17. The van der Waals surface area contributed by atoms with Crippen LogP contribution in [0.15, 0.2) is 6.07 Å². The molecule has 19 heavy (non-hydrogen) atoms. The van der Waals surface area contributed by atoms with E-state index in [0.717, 1.165) is 43.6 Å². The van der Waals surface area contributed by atoms with Crippen molar-refractivity contribution in [2.45, 2.75) is 50.3 Å². The SMILES string of the molecule is O=C(c1cc2c(s1)CCCCC2)N1CCC(Cl)CC1. The fourth-order valence-corrected chi connectivity index (χ4v) is 4.40. The summed E-state index contributed by atoms with van der Waals surface area (Å²) in [6.45, 7) is 1.63. The molecule has 0 radical (unpaired) electrons. The third-order valence-corrected chi connectivity index (χ3v) is 5.83. The van der Waals surface area contributed by atoms with Crippen molar-refractivity contribution in [3.8, 4) is 0 Å². The predicted molar refractivity (Wildman–Crippen MR) is 80.4 cm³/mol. The zero-order valence-electron chi connectivity index (χ0n) is 11.2. The first-order valence-electron chi connectivity index (χ1n) is 7.29. The molecule has 1 aliphatic heterocycles. The van der Waals surface area contributed by atoms with Crippen molar-refractivity contribution in [1.82, 2.24) is 4.90 Å². The Labute approximate surface area is 123 Å². The molecule has 0 atom stereocenters. The number of alkyl halides is 1. The Morgan fingerprint density at radius 3 is 2.74 bits per heavy atom. The molecule has 4 heteroatoms. The highest BCUT2D eigenvalue weighted by molar-refractivity contribution is 7.14. The Morgan fingerprint density at radius 1 is 1.21 bits per heavy atom. The second-order valence-electron chi connectivity index (χ2n) is 5.59. The number of piperidine rings is 1. The summed E-state index contributed by atoms with van der Waals surface area (Å²) >= 11 is 7.82. The van der Waals surface area contributed by atoms with Gasteiger partial charge in [-0.15, -0.1) is 22.9 Å². The summed E-state index contributed by atoms with van der Waals surface area (Å²) in [6.07, 6.45) is 8.05. The van der Waals surface area contributed by atoms with E-state index in [9.17, 15) is 4.79 Å². The number of likely N-dealkylation sites (tertiary alicyclic amines) is 1. The molecule has 0 spiro atoms. The van der Waals surface area contributed by atoms with Crippen LogP contribution in [0.4, 0.5) is 0 Å². The lowest BCUT2D eigenvalue weighted by molar-refractivity contribution is 0.0731. The maximum absolute atomic E-state index is 12.5. The molecule has 0 aromatic carbocycles. The van der Waals surface area contributed by atoms with Crippen LogP contribution in [-0.4, -0.2) is 29.3 Å². The zero-order valence-corrected chi connectivity index (χ0v) is 12.7. The van der Waals surface area contributed by atoms with Gasteiger partial charge in [-0.25, -0.2) is 0 Å². The van der Waals surface area contributed by atoms with E-state index in [-0.39, 0.29) is 11.3 Å². The molecule has 2 aliphatic rings. The molecule has 2 nitrogen and oxygen atoms in total. The first kappa shape index (κ1) is 13.4. The molecule has 1 aromatic rings. The van der Waals surface area contributed by atoms with Crippen molar-refractivity contribution < 1.29 is 4.79 Å². The first-order chi connectivity index (χ1) is 9.24. The normalized spacial score (nSPS) is 21.0. The topological polar surface area (TPSA) is 20.3 Å². The zero-order chi connectivity index (χ0) is 13.2. The molecule has 0 saturated carbocycles. The van der Waals surface area contributed by atoms with Crippen molar-refractivity contribution in [1.29, 1.82) is 0 Å². The summed E-state index contributed by atoms with van der Waals surface area (Å²) in [4.78, 5) is 16.9.